The molecule has 0 aromatic heterocycles. The highest BCUT2D eigenvalue weighted by Gasteiger charge is 2.26. The second-order valence-corrected chi connectivity index (χ2v) is 8.21. The third-order valence-corrected chi connectivity index (χ3v) is 4.24. The van der Waals surface area contributed by atoms with E-state index in [4.69, 9.17) is 27.9 Å². The van der Waals surface area contributed by atoms with Crippen molar-refractivity contribution in [2.24, 2.45) is 0 Å². The van der Waals surface area contributed by atoms with Gasteiger partial charge >= 0.3 is 6.09 Å². The minimum Gasteiger partial charge on any atom is -0.444 e. The van der Waals surface area contributed by atoms with E-state index in [-0.39, 0.29) is 18.5 Å². The summed E-state index contributed by atoms with van der Waals surface area (Å²) < 4.78 is 5.27. The van der Waals surface area contributed by atoms with Crippen LogP contribution in [0.4, 0.5) is 10.5 Å². The van der Waals surface area contributed by atoms with Gasteiger partial charge in [0.15, 0.2) is 0 Å². The normalized spacial score (nSPS) is 17.6. The Morgan fingerprint density at radius 1 is 1.23 bits per heavy atom. The van der Waals surface area contributed by atoms with Crippen LogP contribution >= 0.6 is 23.2 Å². The summed E-state index contributed by atoms with van der Waals surface area (Å²) in [7, 11) is 0. The van der Waals surface area contributed by atoms with Crippen molar-refractivity contribution in [2.45, 2.75) is 45.3 Å². The number of carbonyl (C=O) groups excluding carboxylic acids is 2. The summed E-state index contributed by atoms with van der Waals surface area (Å²) in [6.45, 7) is 6.72. The lowest BCUT2D eigenvalue weighted by atomic mass is 10.1. The smallest absolute Gasteiger partial charge is 0.407 e. The van der Waals surface area contributed by atoms with Gasteiger partial charge in [-0.25, -0.2) is 4.79 Å². The van der Waals surface area contributed by atoms with Crippen molar-refractivity contribution in [3.05, 3.63) is 28.2 Å². The Morgan fingerprint density at radius 2 is 1.88 bits per heavy atom. The van der Waals surface area contributed by atoms with Crippen LogP contribution in [0.2, 0.25) is 10.0 Å². The Hall–Kier alpha value is -1.66. The van der Waals surface area contributed by atoms with Crippen LogP contribution in [0.15, 0.2) is 18.2 Å². The van der Waals surface area contributed by atoms with Crippen molar-refractivity contribution >= 4 is 40.9 Å². The van der Waals surface area contributed by atoms with Crippen molar-refractivity contribution in [2.75, 3.05) is 25.0 Å². The fourth-order valence-corrected chi connectivity index (χ4v) is 3.27. The Morgan fingerprint density at radius 3 is 2.50 bits per heavy atom. The average Bonchev–Trinajstić information content (AvgIpc) is 2.50. The number of likely N-dealkylation sites (tertiary alicyclic amines) is 1. The lowest BCUT2D eigenvalue weighted by Gasteiger charge is -2.33. The number of nitrogens with one attached hydrogen (secondary N) is 2. The fourth-order valence-electron chi connectivity index (χ4n) is 2.74. The van der Waals surface area contributed by atoms with E-state index in [2.05, 4.69) is 10.6 Å². The number of hydrogen-bond acceptors (Lipinski definition) is 4. The fraction of sp³-hybridized carbons (Fsp3) is 0.556. The zero-order chi connectivity index (χ0) is 19.3. The van der Waals surface area contributed by atoms with E-state index in [1.165, 1.54) is 0 Å². The molecule has 1 heterocycles. The molecule has 1 aromatic carbocycles. The van der Waals surface area contributed by atoms with Gasteiger partial charge in [0.25, 0.3) is 0 Å². The Kier molecular flexibility index (Phi) is 7.01. The van der Waals surface area contributed by atoms with Crippen molar-refractivity contribution < 1.29 is 14.3 Å². The third-order valence-electron chi connectivity index (χ3n) is 3.80. The van der Waals surface area contributed by atoms with Gasteiger partial charge in [0.05, 0.1) is 6.54 Å². The number of nitrogens with zero attached hydrogens (tertiary/aromatic N) is 1. The van der Waals surface area contributed by atoms with E-state index in [0.29, 0.717) is 28.8 Å². The number of amides is 2. The molecule has 0 saturated carbocycles. The van der Waals surface area contributed by atoms with Crippen molar-refractivity contribution in [1.29, 1.82) is 0 Å². The highest BCUT2D eigenvalue weighted by atomic mass is 35.5. The third kappa shape index (κ3) is 6.92. The van der Waals surface area contributed by atoms with Crippen LogP contribution in [-0.2, 0) is 9.53 Å². The molecule has 2 rings (SSSR count). The van der Waals surface area contributed by atoms with Gasteiger partial charge < -0.3 is 20.3 Å². The number of benzene rings is 1. The number of hydrogen-bond donors (Lipinski definition) is 2. The molecule has 8 heteroatoms. The Bertz CT molecular complexity index is 641. The number of rotatable bonds is 4. The molecule has 0 aliphatic carbocycles. The van der Waals surface area contributed by atoms with E-state index in [0.717, 1.165) is 12.8 Å². The molecule has 144 valence electrons. The number of piperidine rings is 1. The van der Waals surface area contributed by atoms with Crippen LogP contribution < -0.4 is 10.6 Å². The highest BCUT2D eigenvalue weighted by Crippen LogP contribution is 2.22. The average molecular weight is 402 g/mol. The predicted molar refractivity (Wildman–Crippen MR) is 104 cm³/mol. The first-order valence-corrected chi connectivity index (χ1v) is 9.35. The van der Waals surface area contributed by atoms with Gasteiger partial charge in [-0.2, -0.15) is 0 Å². The minimum absolute atomic E-state index is 0.0446. The van der Waals surface area contributed by atoms with Crippen LogP contribution in [-0.4, -0.2) is 48.2 Å². The summed E-state index contributed by atoms with van der Waals surface area (Å²) in [5.41, 5.74) is 0.146. The van der Waals surface area contributed by atoms with E-state index in [1.54, 1.807) is 23.1 Å². The van der Waals surface area contributed by atoms with Gasteiger partial charge in [0, 0.05) is 34.9 Å². The number of carbonyl (C=O) groups is 2. The predicted octanol–water partition coefficient (Wildman–Crippen LogP) is 3.92. The number of halogens is 2. The van der Waals surface area contributed by atoms with Crippen molar-refractivity contribution in [3.8, 4) is 0 Å². The summed E-state index contributed by atoms with van der Waals surface area (Å²) in [5, 5.41) is 6.89. The van der Waals surface area contributed by atoms with Gasteiger partial charge in [-0.05, 0) is 51.8 Å². The molecule has 1 aliphatic heterocycles. The lowest BCUT2D eigenvalue weighted by Crippen LogP contribution is -2.51. The maximum Gasteiger partial charge on any atom is 0.407 e. The number of anilines is 1. The first-order valence-electron chi connectivity index (χ1n) is 8.59. The van der Waals surface area contributed by atoms with Crippen LogP contribution in [0, 0.1) is 0 Å². The van der Waals surface area contributed by atoms with Gasteiger partial charge in [-0.15, -0.1) is 0 Å². The number of ether oxygens (including phenoxy) is 1. The first kappa shape index (κ1) is 20.6. The van der Waals surface area contributed by atoms with Gasteiger partial charge in [0.1, 0.15) is 5.60 Å². The quantitative estimate of drug-likeness (QED) is 0.801. The van der Waals surface area contributed by atoms with Gasteiger partial charge in [-0.3, -0.25) is 4.79 Å². The zero-order valence-corrected chi connectivity index (χ0v) is 16.8. The monoisotopic (exact) mass is 401 g/mol. The van der Waals surface area contributed by atoms with Crippen LogP contribution in [0.5, 0.6) is 0 Å². The molecule has 1 unspecified atom stereocenters. The minimum atomic E-state index is -0.545. The standard InChI is InChI=1S/C18H25Cl2N3O3/c1-18(2,3)26-17(25)22-14-5-4-6-23(11-14)16(24)10-21-15-8-12(19)7-13(20)9-15/h7-9,14,21H,4-6,10-11H2,1-3H3,(H,22,25). The van der Waals surface area contributed by atoms with Crippen LogP contribution in [0.1, 0.15) is 33.6 Å². The summed E-state index contributed by atoms with van der Waals surface area (Å²) in [6.07, 6.45) is 1.19. The van der Waals surface area contributed by atoms with Crippen LogP contribution in [0.3, 0.4) is 0 Å². The summed E-state index contributed by atoms with van der Waals surface area (Å²) in [6, 6.07) is 4.95. The van der Waals surface area contributed by atoms with E-state index >= 15 is 0 Å². The molecule has 1 aromatic rings. The summed E-state index contributed by atoms with van der Waals surface area (Å²) in [4.78, 5) is 26.1. The van der Waals surface area contributed by atoms with Crippen molar-refractivity contribution in [1.82, 2.24) is 10.2 Å². The molecule has 0 spiro atoms. The van der Waals surface area contributed by atoms with E-state index in [1.807, 2.05) is 20.8 Å². The van der Waals surface area contributed by atoms with Gasteiger partial charge in [0.2, 0.25) is 5.91 Å². The van der Waals surface area contributed by atoms with Gasteiger partial charge in [-0.1, -0.05) is 23.2 Å². The van der Waals surface area contributed by atoms with Crippen LogP contribution in [0.25, 0.3) is 0 Å². The molecule has 1 fully saturated rings. The number of alkyl carbamates (subject to hydrolysis) is 1. The molecule has 2 N–H and O–H groups in total. The largest absolute Gasteiger partial charge is 0.444 e. The molecule has 1 aliphatic rings. The summed E-state index contributed by atoms with van der Waals surface area (Å²) in [5.74, 6) is -0.0446. The molecule has 0 radical (unpaired) electrons. The Labute approximate surface area is 164 Å². The van der Waals surface area contributed by atoms with E-state index < -0.39 is 11.7 Å². The van der Waals surface area contributed by atoms with Crippen molar-refractivity contribution in [3.63, 3.8) is 0 Å². The SMILES string of the molecule is CC(C)(C)OC(=O)NC1CCCN(C(=O)CNc2cc(Cl)cc(Cl)c2)C1. The second kappa shape index (κ2) is 8.82. The summed E-state index contributed by atoms with van der Waals surface area (Å²) >= 11 is 11.9. The molecule has 2 amide bonds. The molecule has 1 saturated heterocycles. The topological polar surface area (TPSA) is 70.7 Å². The molecule has 1 atom stereocenters. The second-order valence-electron chi connectivity index (χ2n) is 7.34. The maximum atomic E-state index is 12.5. The molecular weight excluding hydrogens is 377 g/mol. The molecular formula is C18H25Cl2N3O3. The molecule has 26 heavy (non-hydrogen) atoms. The maximum absolute atomic E-state index is 12.5. The first-order chi connectivity index (χ1) is 12.1. The zero-order valence-electron chi connectivity index (χ0n) is 15.3. The highest BCUT2D eigenvalue weighted by molar-refractivity contribution is 6.35. The Balaban J connectivity index is 1.84. The van der Waals surface area contributed by atoms with E-state index in [9.17, 15) is 9.59 Å². The molecule has 6 nitrogen and oxygen atoms in total. The lowest BCUT2D eigenvalue weighted by molar-refractivity contribution is -0.130. The molecule has 0 bridgehead atoms.